The van der Waals surface area contributed by atoms with Gasteiger partial charge in [-0.3, -0.25) is 4.90 Å². The molecule has 1 aromatic heterocycles. The molecule has 3 aliphatic rings. The smallest absolute Gasteiger partial charge is 0.334 e. The van der Waals surface area contributed by atoms with Gasteiger partial charge in [0.15, 0.2) is 8.32 Å². The molecule has 1 saturated heterocycles. The summed E-state index contributed by atoms with van der Waals surface area (Å²) in [5.41, 5.74) is 5.72. The Bertz CT molecular complexity index is 2260. The van der Waals surface area contributed by atoms with Crippen LogP contribution in [0.3, 0.4) is 0 Å². The zero-order valence-electron chi connectivity index (χ0n) is 35.1. The highest BCUT2D eigenvalue weighted by Gasteiger charge is 2.57. The van der Waals surface area contributed by atoms with Crippen molar-refractivity contribution in [3.63, 3.8) is 0 Å². The van der Waals surface area contributed by atoms with Crippen LogP contribution in [0.15, 0.2) is 89.3 Å². The minimum Gasteiger partial charge on any atom is -0.457 e. The molecule has 5 atom stereocenters. The third kappa shape index (κ3) is 7.03. The van der Waals surface area contributed by atoms with Crippen molar-refractivity contribution in [3.05, 3.63) is 112 Å². The summed E-state index contributed by atoms with van der Waals surface area (Å²) < 4.78 is 52.1. The molecule has 4 aromatic rings. The maximum atomic E-state index is 15.3. The number of ether oxygens (including phenoxy) is 2. The number of nitrogens with zero attached hydrogens (tertiary/aromatic N) is 2. The summed E-state index contributed by atoms with van der Waals surface area (Å²) in [6.45, 7) is 23.8. The van der Waals surface area contributed by atoms with Crippen molar-refractivity contribution in [3.8, 4) is 0 Å². The Morgan fingerprint density at radius 1 is 0.946 bits per heavy atom. The lowest BCUT2D eigenvalue weighted by Crippen LogP contribution is -2.47. The first-order valence-corrected chi connectivity index (χ1v) is 24.7. The molecular formula is C46H60N2O6SSi. The molecule has 0 amide bonds. The van der Waals surface area contributed by atoms with Gasteiger partial charge < -0.3 is 13.9 Å². The molecule has 0 saturated carbocycles. The van der Waals surface area contributed by atoms with Crippen molar-refractivity contribution >= 4 is 35.2 Å². The van der Waals surface area contributed by atoms with E-state index in [1.54, 1.807) is 28.2 Å². The second-order valence-electron chi connectivity index (χ2n) is 18.6. The Labute approximate surface area is 335 Å². The second-order valence-corrected chi connectivity index (χ2v) is 25.2. The first-order valence-electron chi connectivity index (χ1n) is 20.3. The fourth-order valence-electron chi connectivity index (χ4n) is 8.87. The molecule has 1 aliphatic carbocycles. The van der Waals surface area contributed by atoms with E-state index in [1.165, 1.54) is 16.7 Å². The Balaban J connectivity index is 1.53. The standard InChI is InChI=1S/C46H60N2O6SSi/c1-12-32-36(44(49)54-45(4,5)6)28-38(47-42-39(53-43(32)47)27-30-19-18-23-33(29(2)3)40(30)42)41-35(25-26-52-56(10,11)46(7,8)9)34-22-16-17-24-37(34)48(41)55(50,51)31-20-14-13-15-21-31/h13-24,28-29,32,38-39,42-43H,12,25-27H2,1-11H3/t32-,38-,39+,42+,43+/m0/s1. The summed E-state index contributed by atoms with van der Waals surface area (Å²) >= 11 is 0. The van der Waals surface area contributed by atoms with Gasteiger partial charge in [-0.05, 0) is 98.1 Å². The third-order valence-electron chi connectivity index (χ3n) is 12.5. The van der Waals surface area contributed by atoms with E-state index in [0.717, 1.165) is 17.4 Å². The number of para-hydroxylation sites is 1. The predicted molar refractivity (Wildman–Crippen MR) is 226 cm³/mol. The molecule has 2 aliphatic heterocycles. The fraction of sp³-hybridized carbons (Fsp3) is 0.500. The molecule has 10 heteroatoms. The number of fused-ring (bicyclic) bond motifs is 6. The van der Waals surface area contributed by atoms with E-state index in [2.05, 4.69) is 77.7 Å². The Morgan fingerprint density at radius 2 is 1.62 bits per heavy atom. The minimum atomic E-state index is -4.15. The summed E-state index contributed by atoms with van der Waals surface area (Å²) in [4.78, 5) is 17.0. The van der Waals surface area contributed by atoms with Crippen molar-refractivity contribution in [2.45, 2.75) is 141 Å². The number of carbonyl (C=O) groups is 1. The normalized spacial score (nSPS) is 22.9. The summed E-state index contributed by atoms with van der Waals surface area (Å²) in [6, 6.07) is 22.2. The Kier molecular flexibility index (Phi) is 10.7. The molecule has 300 valence electrons. The van der Waals surface area contributed by atoms with Gasteiger partial charge in [-0.25, -0.2) is 17.2 Å². The molecule has 3 heterocycles. The van der Waals surface area contributed by atoms with E-state index in [4.69, 9.17) is 13.9 Å². The first kappa shape index (κ1) is 40.6. The number of hydrogen-bond donors (Lipinski definition) is 0. The monoisotopic (exact) mass is 796 g/mol. The highest BCUT2D eigenvalue weighted by molar-refractivity contribution is 7.90. The van der Waals surface area contributed by atoms with Crippen molar-refractivity contribution in [2.75, 3.05) is 6.61 Å². The lowest BCUT2D eigenvalue weighted by Gasteiger charge is -2.43. The SMILES string of the molecule is CC[C@H]1C(C(=O)OC(C)(C)C)=C[C@@H](c2c(CCO[Si](C)(C)C(C)(C)C)c3ccccc3n2S(=O)(=O)c2ccccc2)N2[C@@H]1O[C@@H]1Cc3cccc(C(C)C)c3[C@@H]12. The topological polar surface area (TPSA) is 87.1 Å². The highest BCUT2D eigenvalue weighted by Crippen LogP contribution is 2.56. The van der Waals surface area contributed by atoms with E-state index in [9.17, 15) is 4.79 Å². The van der Waals surface area contributed by atoms with E-state index < -0.39 is 42.2 Å². The number of hydrogen-bond acceptors (Lipinski definition) is 7. The summed E-state index contributed by atoms with van der Waals surface area (Å²) in [5, 5.41) is 0.858. The lowest BCUT2D eigenvalue weighted by atomic mass is 9.84. The van der Waals surface area contributed by atoms with Gasteiger partial charge in [0, 0.05) is 29.9 Å². The van der Waals surface area contributed by atoms with Crippen molar-refractivity contribution in [1.82, 2.24) is 8.87 Å². The number of benzene rings is 3. The lowest BCUT2D eigenvalue weighted by molar-refractivity contribution is -0.152. The molecule has 0 spiro atoms. The molecule has 0 bridgehead atoms. The summed E-state index contributed by atoms with van der Waals surface area (Å²) in [7, 11) is -6.30. The molecule has 8 nitrogen and oxygen atoms in total. The van der Waals surface area contributed by atoms with Crippen LogP contribution in [-0.2, 0) is 41.6 Å². The van der Waals surface area contributed by atoms with Crippen LogP contribution in [0.1, 0.15) is 115 Å². The summed E-state index contributed by atoms with van der Waals surface area (Å²) in [5.74, 6) is -0.404. The van der Waals surface area contributed by atoms with Crippen LogP contribution in [-0.4, -0.2) is 56.1 Å². The zero-order chi connectivity index (χ0) is 40.5. The van der Waals surface area contributed by atoms with Crippen LogP contribution in [0, 0.1) is 5.92 Å². The van der Waals surface area contributed by atoms with Crippen LogP contribution in [0.25, 0.3) is 10.9 Å². The molecule has 0 unspecified atom stereocenters. The quantitative estimate of drug-likeness (QED) is 0.117. The number of carbonyl (C=O) groups excluding carboxylic acids is 1. The van der Waals surface area contributed by atoms with Crippen LogP contribution in [0.2, 0.25) is 18.1 Å². The van der Waals surface area contributed by atoms with Gasteiger partial charge in [0.1, 0.15) is 11.8 Å². The molecule has 56 heavy (non-hydrogen) atoms. The van der Waals surface area contributed by atoms with Gasteiger partial charge >= 0.3 is 5.97 Å². The molecule has 7 rings (SSSR count). The zero-order valence-corrected chi connectivity index (χ0v) is 36.9. The Hall–Kier alpha value is -3.54. The van der Waals surface area contributed by atoms with Crippen LogP contribution < -0.4 is 0 Å². The van der Waals surface area contributed by atoms with E-state index in [0.29, 0.717) is 36.2 Å². The number of aromatic nitrogens is 1. The van der Waals surface area contributed by atoms with E-state index in [1.807, 2.05) is 57.2 Å². The number of rotatable bonds is 10. The van der Waals surface area contributed by atoms with Gasteiger partial charge in [-0.15, -0.1) is 0 Å². The largest absolute Gasteiger partial charge is 0.457 e. The molecular weight excluding hydrogens is 737 g/mol. The van der Waals surface area contributed by atoms with Gasteiger partial charge in [-0.2, -0.15) is 0 Å². The van der Waals surface area contributed by atoms with Crippen LogP contribution >= 0.6 is 0 Å². The van der Waals surface area contributed by atoms with Gasteiger partial charge in [0.05, 0.1) is 34.3 Å². The van der Waals surface area contributed by atoms with E-state index in [-0.39, 0.29) is 33.9 Å². The second kappa shape index (κ2) is 14.7. The van der Waals surface area contributed by atoms with Gasteiger partial charge in [0.25, 0.3) is 10.0 Å². The molecule has 3 aromatic carbocycles. The number of esters is 1. The van der Waals surface area contributed by atoms with Crippen molar-refractivity contribution in [1.29, 1.82) is 0 Å². The first-order chi connectivity index (χ1) is 26.3. The van der Waals surface area contributed by atoms with E-state index >= 15 is 8.42 Å². The maximum absolute atomic E-state index is 15.3. The van der Waals surface area contributed by atoms with Crippen LogP contribution in [0.4, 0.5) is 0 Å². The Morgan fingerprint density at radius 3 is 2.27 bits per heavy atom. The van der Waals surface area contributed by atoms with Crippen molar-refractivity contribution in [2.24, 2.45) is 5.92 Å². The predicted octanol–water partition coefficient (Wildman–Crippen LogP) is 10.2. The molecule has 0 N–H and O–H groups in total. The molecule has 1 fully saturated rings. The van der Waals surface area contributed by atoms with Crippen molar-refractivity contribution < 1.29 is 27.1 Å². The minimum absolute atomic E-state index is 0.00315. The van der Waals surface area contributed by atoms with Gasteiger partial charge in [-0.1, -0.05) is 102 Å². The maximum Gasteiger partial charge on any atom is 0.334 e. The summed E-state index contributed by atoms with van der Waals surface area (Å²) in [6.07, 6.45) is 3.26. The van der Waals surface area contributed by atoms with Gasteiger partial charge in [0.2, 0.25) is 0 Å². The average molecular weight is 797 g/mol. The fourth-order valence-corrected chi connectivity index (χ4v) is 11.5. The molecule has 0 radical (unpaired) electrons. The third-order valence-corrected chi connectivity index (χ3v) is 18.8. The average Bonchev–Trinajstić information content (AvgIpc) is 3.78. The highest BCUT2D eigenvalue weighted by atomic mass is 32.2. The van der Waals surface area contributed by atoms with Crippen LogP contribution in [0.5, 0.6) is 0 Å².